The van der Waals surface area contributed by atoms with Crippen LogP contribution in [0.1, 0.15) is 31.7 Å². The largest absolute Gasteiger partial charge is 0.497 e. The van der Waals surface area contributed by atoms with E-state index in [1.54, 1.807) is 0 Å². The summed E-state index contributed by atoms with van der Waals surface area (Å²) < 4.78 is 32.0. The maximum Gasteiger partial charge on any atom is 0.307 e. The van der Waals surface area contributed by atoms with Gasteiger partial charge in [0.05, 0.1) is 18.4 Å². The Hall–Kier alpha value is -1.60. The van der Waals surface area contributed by atoms with Crippen LogP contribution in [-0.2, 0) is 21.2 Å². The van der Waals surface area contributed by atoms with Crippen LogP contribution in [0.2, 0.25) is 0 Å². The van der Waals surface area contributed by atoms with Gasteiger partial charge >= 0.3 is 5.97 Å². The van der Waals surface area contributed by atoms with Crippen LogP contribution >= 0.6 is 0 Å². The van der Waals surface area contributed by atoms with Gasteiger partial charge in [-0.2, -0.15) is 0 Å². The first-order valence-corrected chi connectivity index (χ1v) is 8.27. The van der Waals surface area contributed by atoms with Gasteiger partial charge in [0.1, 0.15) is 5.75 Å². The van der Waals surface area contributed by atoms with E-state index in [-0.39, 0.29) is 16.9 Å². The third-order valence-corrected chi connectivity index (χ3v) is 4.53. The van der Waals surface area contributed by atoms with Crippen LogP contribution in [0.4, 0.5) is 0 Å². The average molecular weight is 315 g/mol. The van der Waals surface area contributed by atoms with Crippen molar-refractivity contribution in [1.29, 1.82) is 0 Å². The van der Waals surface area contributed by atoms with Gasteiger partial charge in [-0.3, -0.25) is 4.79 Å². The molecular weight excluding hydrogens is 294 g/mol. The van der Waals surface area contributed by atoms with Crippen LogP contribution in [-0.4, -0.2) is 33.1 Å². The normalized spacial score (nSPS) is 11.3. The molecule has 0 aliphatic carbocycles. The fraction of sp³-hybridized carbons (Fsp3) is 0.500. The lowest BCUT2D eigenvalue weighted by Gasteiger charge is -2.12. The molecular formula is C14H21NO5S. The summed E-state index contributed by atoms with van der Waals surface area (Å²) in [6.07, 6.45) is 2.31. The molecule has 7 heteroatoms. The number of unbranched alkanes of at least 4 members (excludes halogenated alkanes) is 2. The Morgan fingerprint density at radius 3 is 2.62 bits per heavy atom. The van der Waals surface area contributed by atoms with Gasteiger partial charge < -0.3 is 9.84 Å². The van der Waals surface area contributed by atoms with Gasteiger partial charge in [-0.05, 0) is 30.2 Å². The molecule has 0 spiro atoms. The van der Waals surface area contributed by atoms with Gasteiger partial charge in [0.15, 0.2) is 0 Å². The van der Waals surface area contributed by atoms with Gasteiger partial charge in [-0.1, -0.05) is 19.8 Å². The molecule has 21 heavy (non-hydrogen) atoms. The van der Waals surface area contributed by atoms with Crippen molar-refractivity contribution in [2.45, 2.75) is 37.5 Å². The summed E-state index contributed by atoms with van der Waals surface area (Å²) in [5.74, 6) is -0.665. The Morgan fingerprint density at radius 1 is 1.33 bits per heavy atom. The van der Waals surface area contributed by atoms with Gasteiger partial charge in [0.25, 0.3) is 0 Å². The van der Waals surface area contributed by atoms with Gasteiger partial charge in [0, 0.05) is 6.54 Å². The van der Waals surface area contributed by atoms with E-state index in [0.29, 0.717) is 12.3 Å². The first-order valence-electron chi connectivity index (χ1n) is 6.79. The second kappa shape index (κ2) is 7.99. The minimum atomic E-state index is -3.71. The molecule has 6 nitrogen and oxygen atoms in total. The number of ether oxygens (including phenoxy) is 1. The monoisotopic (exact) mass is 315 g/mol. The van der Waals surface area contributed by atoms with E-state index in [1.807, 2.05) is 6.92 Å². The number of benzene rings is 1. The molecule has 0 saturated heterocycles. The molecule has 0 aliphatic rings. The summed E-state index contributed by atoms with van der Waals surface area (Å²) >= 11 is 0. The molecule has 118 valence electrons. The number of methoxy groups -OCH3 is 1. The highest BCUT2D eigenvalue weighted by Gasteiger charge is 2.20. The molecule has 0 aromatic heterocycles. The van der Waals surface area contributed by atoms with Crippen molar-refractivity contribution in [1.82, 2.24) is 4.72 Å². The SMILES string of the molecule is CCCCCNS(=O)(=O)c1ccc(OC)cc1CC(=O)O. The van der Waals surface area contributed by atoms with Crippen molar-refractivity contribution in [3.05, 3.63) is 23.8 Å². The molecule has 2 N–H and O–H groups in total. The molecule has 0 heterocycles. The minimum Gasteiger partial charge on any atom is -0.497 e. The number of carboxylic acids is 1. The lowest BCUT2D eigenvalue weighted by molar-refractivity contribution is -0.136. The van der Waals surface area contributed by atoms with Crippen LogP contribution in [0.5, 0.6) is 5.75 Å². The average Bonchev–Trinajstić information content (AvgIpc) is 2.42. The summed E-state index contributed by atoms with van der Waals surface area (Å²) in [5.41, 5.74) is 0.213. The zero-order chi connectivity index (χ0) is 15.9. The van der Waals surface area contributed by atoms with E-state index in [0.717, 1.165) is 19.3 Å². The number of aliphatic carboxylic acids is 1. The Kier molecular flexibility index (Phi) is 6.64. The Labute approximate surface area is 125 Å². The number of hydrogen-bond acceptors (Lipinski definition) is 4. The van der Waals surface area contributed by atoms with E-state index in [1.165, 1.54) is 25.3 Å². The highest BCUT2D eigenvalue weighted by Crippen LogP contribution is 2.22. The van der Waals surface area contributed by atoms with Crippen LogP contribution in [0.15, 0.2) is 23.1 Å². The molecule has 0 atom stereocenters. The Morgan fingerprint density at radius 2 is 2.05 bits per heavy atom. The third-order valence-electron chi connectivity index (χ3n) is 2.97. The van der Waals surface area contributed by atoms with Crippen LogP contribution < -0.4 is 9.46 Å². The maximum absolute atomic E-state index is 12.3. The standard InChI is InChI=1S/C14H21NO5S/c1-3-4-5-8-15-21(18,19)13-7-6-12(20-2)9-11(13)10-14(16)17/h6-7,9,15H,3-5,8,10H2,1-2H3,(H,16,17). The fourth-order valence-corrected chi connectivity index (χ4v) is 3.20. The Bertz CT molecular complexity index is 583. The van der Waals surface area contributed by atoms with Crippen molar-refractivity contribution in [2.75, 3.05) is 13.7 Å². The molecule has 0 radical (unpaired) electrons. The van der Waals surface area contributed by atoms with Crippen molar-refractivity contribution in [3.8, 4) is 5.75 Å². The van der Waals surface area contributed by atoms with E-state index in [9.17, 15) is 13.2 Å². The first kappa shape index (κ1) is 17.5. The summed E-state index contributed by atoms with van der Waals surface area (Å²) in [6, 6.07) is 4.32. The van der Waals surface area contributed by atoms with Crippen LogP contribution in [0.3, 0.4) is 0 Å². The zero-order valence-corrected chi connectivity index (χ0v) is 13.1. The number of carbonyl (C=O) groups is 1. The van der Waals surface area contributed by atoms with Crippen LogP contribution in [0, 0.1) is 0 Å². The van der Waals surface area contributed by atoms with Gasteiger partial charge in [0.2, 0.25) is 10.0 Å². The number of hydrogen-bond donors (Lipinski definition) is 2. The Balaban J connectivity index is 3.00. The van der Waals surface area contributed by atoms with Crippen molar-refractivity contribution >= 4 is 16.0 Å². The van der Waals surface area contributed by atoms with E-state index in [2.05, 4.69) is 4.72 Å². The smallest absolute Gasteiger partial charge is 0.307 e. The molecule has 0 saturated carbocycles. The van der Waals surface area contributed by atoms with E-state index >= 15 is 0 Å². The lowest BCUT2D eigenvalue weighted by atomic mass is 10.1. The quantitative estimate of drug-likeness (QED) is 0.678. The molecule has 0 unspecified atom stereocenters. The third kappa shape index (κ3) is 5.35. The summed E-state index contributed by atoms with van der Waals surface area (Å²) in [5, 5.41) is 8.91. The molecule has 1 aromatic carbocycles. The van der Waals surface area contributed by atoms with Crippen molar-refractivity contribution < 1.29 is 23.1 Å². The maximum atomic E-state index is 12.3. The molecule has 0 aliphatic heterocycles. The minimum absolute atomic E-state index is 0.0119. The number of sulfonamides is 1. The van der Waals surface area contributed by atoms with Crippen LogP contribution in [0.25, 0.3) is 0 Å². The molecule has 0 fully saturated rings. The topological polar surface area (TPSA) is 92.7 Å². The van der Waals surface area contributed by atoms with E-state index in [4.69, 9.17) is 9.84 Å². The van der Waals surface area contributed by atoms with Crippen molar-refractivity contribution in [2.24, 2.45) is 0 Å². The predicted molar refractivity (Wildman–Crippen MR) is 79.0 cm³/mol. The zero-order valence-electron chi connectivity index (χ0n) is 12.3. The second-order valence-corrected chi connectivity index (χ2v) is 6.38. The molecule has 0 bridgehead atoms. The van der Waals surface area contributed by atoms with Gasteiger partial charge in [-0.15, -0.1) is 0 Å². The van der Waals surface area contributed by atoms with E-state index < -0.39 is 16.0 Å². The summed E-state index contributed by atoms with van der Waals surface area (Å²) in [6.45, 7) is 2.37. The fourth-order valence-electron chi connectivity index (χ4n) is 1.91. The number of carboxylic acid groups (broad SMARTS) is 1. The highest BCUT2D eigenvalue weighted by atomic mass is 32.2. The lowest BCUT2D eigenvalue weighted by Crippen LogP contribution is -2.26. The number of rotatable bonds is 9. The first-order chi connectivity index (χ1) is 9.90. The molecule has 1 rings (SSSR count). The molecule has 0 amide bonds. The van der Waals surface area contributed by atoms with Crippen molar-refractivity contribution in [3.63, 3.8) is 0 Å². The number of nitrogens with one attached hydrogen (secondary N) is 1. The predicted octanol–water partition coefficient (Wildman–Crippen LogP) is 1.79. The second-order valence-electron chi connectivity index (χ2n) is 4.65. The van der Waals surface area contributed by atoms with Gasteiger partial charge in [-0.25, -0.2) is 13.1 Å². The molecule has 1 aromatic rings. The summed E-state index contributed by atoms with van der Waals surface area (Å²) in [4.78, 5) is 10.9. The summed E-state index contributed by atoms with van der Waals surface area (Å²) in [7, 11) is -2.27. The highest BCUT2D eigenvalue weighted by molar-refractivity contribution is 7.89.